The molecule has 0 heterocycles. The van der Waals surface area contributed by atoms with Gasteiger partial charge in [-0.1, -0.05) is 17.7 Å². The molecule has 0 saturated heterocycles. The van der Waals surface area contributed by atoms with Crippen LogP contribution in [0.15, 0.2) is 12.2 Å². The molecule has 0 bridgehead atoms. The van der Waals surface area contributed by atoms with Crippen molar-refractivity contribution in [2.24, 2.45) is 5.92 Å². The number of hydrogen-bond donors (Lipinski definition) is 1. The largest absolute Gasteiger partial charge is 0.350 e. The number of amides is 1. The van der Waals surface area contributed by atoms with Crippen molar-refractivity contribution in [2.75, 3.05) is 0 Å². The van der Waals surface area contributed by atoms with Crippen LogP contribution in [0.2, 0.25) is 0 Å². The van der Waals surface area contributed by atoms with Gasteiger partial charge in [0.15, 0.2) is 5.13 Å². The Kier molecular flexibility index (Phi) is 4.08. The maximum Gasteiger partial charge on any atom is 0.243 e. The van der Waals surface area contributed by atoms with Crippen molar-refractivity contribution in [2.45, 2.75) is 56.1 Å². The molecule has 1 N–H and O–H groups in total. The molecule has 17 heavy (non-hydrogen) atoms. The van der Waals surface area contributed by atoms with Gasteiger partial charge in [-0.05, 0) is 44.6 Å². The predicted molar refractivity (Wildman–Crippen MR) is 66.6 cm³/mol. The number of halogens is 2. The van der Waals surface area contributed by atoms with Crippen LogP contribution in [0.1, 0.15) is 44.9 Å². The molecule has 0 radical (unpaired) electrons. The molecule has 2 fully saturated rings. The number of allylic oxidation sites excluding steroid dienone is 1. The van der Waals surface area contributed by atoms with E-state index in [1.807, 2.05) is 6.08 Å². The normalized spacial score (nSPS) is 32.5. The van der Waals surface area contributed by atoms with Crippen molar-refractivity contribution in [3.05, 3.63) is 12.2 Å². The molecule has 0 aromatic carbocycles. The summed E-state index contributed by atoms with van der Waals surface area (Å²) in [6.07, 6.45) is 9.91. The van der Waals surface area contributed by atoms with E-state index in [-0.39, 0.29) is 11.8 Å². The summed E-state index contributed by atoms with van der Waals surface area (Å²) in [5.41, 5.74) is 0. The van der Waals surface area contributed by atoms with E-state index in [2.05, 4.69) is 5.32 Å². The SMILES string of the molecule is O=C(/C=C/CCCC1CC1(F)Cl)NC1CCC1. The zero-order valence-corrected chi connectivity index (χ0v) is 10.7. The number of rotatable bonds is 6. The zero-order chi connectivity index (χ0) is 12.3. The number of hydrogen-bond acceptors (Lipinski definition) is 1. The van der Waals surface area contributed by atoms with Crippen LogP contribution in [0.5, 0.6) is 0 Å². The van der Waals surface area contributed by atoms with Crippen LogP contribution in [0.3, 0.4) is 0 Å². The fourth-order valence-corrected chi connectivity index (χ4v) is 2.35. The van der Waals surface area contributed by atoms with E-state index in [0.29, 0.717) is 12.5 Å². The number of carbonyl (C=O) groups excluding carboxylic acids is 1. The van der Waals surface area contributed by atoms with Crippen molar-refractivity contribution in [3.8, 4) is 0 Å². The number of nitrogens with one attached hydrogen (secondary N) is 1. The minimum Gasteiger partial charge on any atom is -0.350 e. The number of unbranched alkanes of at least 4 members (excludes halogenated alkanes) is 1. The second-order valence-corrected chi connectivity index (χ2v) is 5.76. The predicted octanol–water partition coefficient (Wildman–Crippen LogP) is 3.31. The highest BCUT2D eigenvalue weighted by Crippen LogP contribution is 2.53. The van der Waals surface area contributed by atoms with Gasteiger partial charge in [0.25, 0.3) is 0 Å². The highest BCUT2D eigenvalue weighted by atomic mass is 35.5. The lowest BCUT2D eigenvalue weighted by molar-refractivity contribution is -0.117. The summed E-state index contributed by atoms with van der Waals surface area (Å²) in [6, 6.07) is 0.391. The quantitative estimate of drug-likeness (QED) is 0.443. The summed E-state index contributed by atoms with van der Waals surface area (Å²) in [5.74, 6) is 0.0275. The van der Waals surface area contributed by atoms with Crippen molar-refractivity contribution >= 4 is 17.5 Å². The van der Waals surface area contributed by atoms with E-state index in [0.717, 1.165) is 32.1 Å². The summed E-state index contributed by atoms with van der Waals surface area (Å²) in [5, 5.41) is 1.51. The molecule has 2 unspecified atom stereocenters. The minimum absolute atomic E-state index is 0.00157. The van der Waals surface area contributed by atoms with Crippen LogP contribution in [0.25, 0.3) is 0 Å². The minimum atomic E-state index is -1.43. The van der Waals surface area contributed by atoms with Gasteiger partial charge in [-0.25, -0.2) is 4.39 Å². The first kappa shape index (κ1) is 12.9. The van der Waals surface area contributed by atoms with E-state index < -0.39 is 5.13 Å². The third-order valence-corrected chi connectivity index (χ3v) is 4.06. The Balaban J connectivity index is 1.50. The summed E-state index contributed by atoms with van der Waals surface area (Å²) >= 11 is 5.50. The molecule has 2 aliphatic carbocycles. The summed E-state index contributed by atoms with van der Waals surface area (Å²) < 4.78 is 13.0. The molecule has 0 aromatic rings. The molecule has 0 aromatic heterocycles. The molecule has 2 rings (SSSR count). The van der Waals surface area contributed by atoms with Crippen molar-refractivity contribution in [3.63, 3.8) is 0 Å². The summed E-state index contributed by atoms with van der Waals surface area (Å²) in [6.45, 7) is 0. The lowest BCUT2D eigenvalue weighted by atomic mass is 9.93. The fourth-order valence-electron chi connectivity index (χ4n) is 2.06. The smallest absolute Gasteiger partial charge is 0.243 e. The van der Waals surface area contributed by atoms with E-state index in [4.69, 9.17) is 11.6 Å². The molecule has 0 spiro atoms. The van der Waals surface area contributed by atoms with Crippen LogP contribution in [-0.4, -0.2) is 17.1 Å². The third-order valence-electron chi connectivity index (χ3n) is 3.60. The molecule has 2 aliphatic rings. The fraction of sp³-hybridized carbons (Fsp3) is 0.769. The van der Waals surface area contributed by atoms with Crippen molar-refractivity contribution in [1.29, 1.82) is 0 Å². The number of alkyl halides is 2. The first-order valence-electron chi connectivity index (χ1n) is 6.43. The van der Waals surface area contributed by atoms with Gasteiger partial charge in [0.05, 0.1) is 0 Å². The van der Waals surface area contributed by atoms with E-state index in [1.165, 1.54) is 6.42 Å². The van der Waals surface area contributed by atoms with Gasteiger partial charge in [-0.3, -0.25) is 4.79 Å². The Bertz CT molecular complexity index is 313. The maximum absolute atomic E-state index is 13.0. The maximum atomic E-state index is 13.0. The topological polar surface area (TPSA) is 29.1 Å². The monoisotopic (exact) mass is 259 g/mol. The van der Waals surface area contributed by atoms with Crippen LogP contribution in [0.4, 0.5) is 4.39 Å². The van der Waals surface area contributed by atoms with Gasteiger partial charge in [0, 0.05) is 18.4 Å². The van der Waals surface area contributed by atoms with Crippen LogP contribution in [0, 0.1) is 5.92 Å². The Morgan fingerprint density at radius 2 is 2.24 bits per heavy atom. The first-order chi connectivity index (χ1) is 8.08. The van der Waals surface area contributed by atoms with Gasteiger partial charge >= 0.3 is 0 Å². The van der Waals surface area contributed by atoms with E-state index >= 15 is 0 Å². The highest BCUT2D eigenvalue weighted by molar-refractivity contribution is 6.24. The van der Waals surface area contributed by atoms with Gasteiger partial charge < -0.3 is 5.32 Å². The second kappa shape index (κ2) is 5.38. The molecule has 2 saturated carbocycles. The Morgan fingerprint density at radius 1 is 1.53 bits per heavy atom. The van der Waals surface area contributed by atoms with Gasteiger partial charge in [-0.2, -0.15) is 0 Å². The highest BCUT2D eigenvalue weighted by Gasteiger charge is 2.53. The molecule has 96 valence electrons. The molecular weight excluding hydrogens is 241 g/mol. The van der Waals surface area contributed by atoms with Crippen molar-refractivity contribution in [1.82, 2.24) is 5.32 Å². The molecule has 2 nitrogen and oxygen atoms in total. The molecule has 0 aliphatic heterocycles. The lowest BCUT2D eigenvalue weighted by Gasteiger charge is -2.25. The number of carbonyl (C=O) groups is 1. The van der Waals surface area contributed by atoms with Crippen LogP contribution < -0.4 is 5.32 Å². The first-order valence-corrected chi connectivity index (χ1v) is 6.80. The van der Waals surface area contributed by atoms with Gasteiger partial charge in [0.2, 0.25) is 5.91 Å². The zero-order valence-electron chi connectivity index (χ0n) is 9.92. The van der Waals surface area contributed by atoms with Gasteiger partial charge in [0.1, 0.15) is 0 Å². The van der Waals surface area contributed by atoms with Crippen LogP contribution in [-0.2, 0) is 4.79 Å². The standard InChI is InChI=1S/C13H19ClFNO/c14-13(15)9-10(13)5-2-1-3-8-12(17)16-11-6-4-7-11/h3,8,10-11H,1-2,4-7,9H2,(H,16,17)/b8-3+. The van der Waals surface area contributed by atoms with E-state index in [1.54, 1.807) is 6.08 Å². The summed E-state index contributed by atoms with van der Waals surface area (Å²) in [4.78, 5) is 11.4. The Hall–Kier alpha value is -0.570. The lowest BCUT2D eigenvalue weighted by Crippen LogP contribution is -2.38. The third kappa shape index (κ3) is 3.98. The molecular formula is C13H19ClFNO. The molecule has 1 amide bonds. The van der Waals surface area contributed by atoms with Crippen molar-refractivity contribution < 1.29 is 9.18 Å². The average Bonchev–Trinajstić information content (AvgIpc) is 2.80. The second-order valence-electron chi connectivity index (χ2n) is 5.13. The van der Waals surface area contributed by atoms with E-state index in [9.17, 15) is 9.18 Å². The van der Waals surface area contributed by atoms with Gasteiger partial charge in [-0.15, -0.1) is 0 Å². The Labute approximate surface area is 107 Å². The Morgan fingerprint density at radius 3 is 2.76 bits per heavy atom. The summed E-state index contributed by atoms with van der Waals surface area (Å²) in [7, 11) is 0. The molecule has 2 atom stereocenters. The van der Waals surface area contributed by atoms with Crippen LogP contribution >= 0.6 is 11.6 Å². The average molecular weight is 260 g/mol. The molecule has 4 heteroatoms.